The van der Waals surface area contributed by atoms with Crippen LogP contribution in [0.2, 0.25) is 0 Å². The standard InChI is InChI=1S/C9H20N3/c1-6-12(8(2)3,9(4)5)11-7-10/h8-10H,6H2,1-5H3/q+1. The molecule has 0 aliphatic heterocycles. The maximum Gasteiger partial charge on any atom is 0.150 e. The minimum Gasteiger partial charge on any atom is -0.237 e. The molecule has 0 aliphatic rings. The predicted molar refractivity (Wildman–Crippen MR) is 51.2 cm³/mol. The average molecular weight is 170 g/mol. The topological polar surface area (TPSA) is 36.2 Å². The van der Waals surface area contributed by atoms with Gasteiger partial charge in [0.25, 0.3) is 0 Å². The van der Waals surface area contributed by atoms with Gasteiger partial charge in [0.2, 0.25) is 0 Å². The van der Waals surface area contributed by atoms with Crippen LogP contribution in [0.3, 0.4) is 0 Å². The van der Waals surface area contributed by atoms with E-state index < -0.39 is 0 Å². The fraction of sp³-hybridized carbons (Fsp3) is 0.889. The molecule has 0 aromatic heterocycles. The van der Waals surface area contributed by atoms with Gasteiger partial charge in [-0.3, -0.25) is 0 Å². The summed E-state index contributed by atoms with van der Waals surface area (Å²) in [6.07, 6.45) is 0. The largest absolute Gasteiger partial charge is 0.237 e. The van der Waals surface area contributed by atoms with E-state index in [1.165, 1.54) is 0 Å². The minimum atomic E-state index is 0.410. The zero-order chi connectivity index (χ0) is 9.78. The summed E-state index contributed by atoms with van der Waals surface area (Å²) in [5, 5.41) is 11.0. The molecular formula is C9H20N3+. The molecule has 0 saturated carbocycles. The Labute approximate surface area is 75.2 Å². The molecule has 0 aromatic carbocycles. The first kappa shape index (κ1) is 11.3. The van der Waals surface area contributed by atoms with Gasteiger partial charge in [-0.15, -0.1) is 0 Å². The van der Waals surface area contributed by atoms with Gasteiger partial charge in [0, 0.05) is 0 Å². The first-order valence-electron chi connectivity index (χ1n) is 4.52. The van der Waals surface area contributed by atoms with Crippen LogP contribution in [-0.4, -0.2) is 29.2 Å². The van der Waals surface area contributed by atoms with Gasteiger partial charge < -0.3 is 0 Å². The summed E-state index contributed by atoms with van der Waals surface area (Å²) in [4.78, 5) is 0. The summed E-state index contributed by atoms with van der Waals surface area (Å²) in [7, 11) is 0. The number of rotatable bonds is 4. The molecule has 0 saturated heterocycles. The maximum absolute atomic E-state index is 6.92. The van der Waals surface area contributed by atoms with Crippen molar-refractivity contribution in [3.8, 4) is 0 Å². The molecule has 0 fully saturated rings. The third-order valence-electron chi connectivity index (χ3n) is 2.53. The average Bonchev–Trinajstić information content (AvgIpc) is 1.98. The summed E-state index contributed by atoms with van der Waals surface area (Å²) < 4.78 is 0.601. The molecule has 0 amide bonds. The van der Waals surface area contributed by atoms with Crippen molar-refractivity contribution in [3.63, 3.8) is 0 Å². The Kier molecular flexibility index (Phi) is 4.15. The quantitative estimate of drug-likeness (QED) is 0.382. The van der Waals surface area contributed by atoms with Crippen molar-refractivity contribution in [2.24, 2.45) is 5.10 Å². The van der Waals surface area contributed by atoms with E-state index >= 15 is 0 Å². The molecule has 0 spiro atoms. The molecule has 0 aliphatic carbocycles. The molecule has 3 heteroatoms. The second-order valence-corrected chi connectivity index (χ2v) is 3.60. The Hall–Kier alpha value is -0.660. The lowest BCUT2D eigenvalue weighted by Gasteiger charge is -2.37. The van der Waals surface area contributed by atoms with Gasteiger partial charge in [-0.2, -0.15) is 4.59 Å². The summed E-state index contributed by atoms with van der Waals surface area (Å²) in [5.41, 5.74) is 0. The summed E-state index contributed by atoms with van der Waals surface area (Å²) in [5.74, 6) is 0. The van der Waals surface area contributed by atoms with Crippen LogP contribution < -0.4 is 0 Å². The van der Waals surface area contributed by atoms with Gasteiger partial charge >= 0.3 is 0 Å². The third kappa shape index (κ3) is 1.93. The highest BCUT2D eigenvalue weighted by Gasteiger charge is 2.33. The molecule has 0 rings (SSSR count). The molecule has 3 nitrogen and oxygen atoms in total. The molecule has 0 heterocycles. The summed E-state index contributed by atoms with van der Waals surface area (Å²) in [6, 6.07) is 2.99. The second kappa shape index (κ2) is 4.39. The molecule has 0 bridgehead atoms. The highest BCUT2D eigenvalue weighted by atomic mass is 15.6. The molecule has 0 radical (unpaired) electrons. The van der Waals surface area contributed by atoms with Crippen molar-refractivity contribution < 1.29 is 4.59 Å². The van der Waals surface area contributed by atoms with E-state index in [4.69, 9.17) is 5.41 Å². The van der Waals surface area contributed by atoms with E-state index in [9.17, 15) is 0 Å². The SMILES string of the molecule is CC[N+](N=C=N)(C(C)C)C(C)C. The van der Waals surface area contributed by atoms with Crippen molar-refractivity contribution in [2.45, 2.75) is 46.7 Å². The number of nitrogens with zero attached hydrogens (tertiary/aromatic N) is 2. The Bertz CT molecular complexity index is 170. The minimum absolute atomic E-state index is 0.410. The van der Waals surface area contributed by atoms with Crippen LogP contribution in [0.15, 0.2) is 5.10 Å². The molecule has 0 unspecified atom stereocenters. The molecule has 12 heavy (non-hydrogen) atoms. The van der Waals surface area contributed by atoms with Crippen LogP contribution in [0, 0.1) is 5.41 Å². The predicted octanol–water partition coefficient (Wildman–Crippen LogP) is 2.31. The van der Waals surface area contributed by atoms with Gasteiger partial charge in [-0.1, -0.05) is 0 Å². The van der Waals surface area contributed by atoms with Gasteiger partial charge in [-0.25, -0.2) is 5.41 Å². The third-order valence-corrected chi connectivity index (χ3v) is 2.53. The number of nitrogens with one attached hydrogen (secondary N) is 1. The summed E-state index contributed by atoms with van der Waals surface area (Å²) in [6.45, 7) is 11.5. The van der Waals surface area contributed by atoms with Crippen molar-refractivity contribution in [1.82, 2.24) is 0 Å². The van der Waals surface area contributed by atoms with E-state index in [0.29, 0.717) is 16.7 Å². The van der Waals surface area contributed by atoms with Crippen molar-refractivity contribution >= 4 is 6.01 Å². The highest BCUT2D eigenvalue weighted by molar-refractivity contribution is 5.34. The van der Waals surface area contributed by atoms with Gasteiger partial charge in [0.1, 0.15) is 24.6 Å². The molecule has 0 aromatic rings. The lowest BCUT2D eigenvalue weighted by atomic mass is 10.2. The molecular weight excluding hydrogens is 150 g/mol. The second-order valence-electron chi connectivity index (χ2n) is 3.60. The van der Waals surface area contributed by atoms with E-state index in [0.717, 1.165) is 6.54 Å². The number of hydrogen-bond donors (Lipinski definition) is 1. The Morgan fingerprint density at radius 2 is 1.67 bits per heavy atom. The smallest absolute Gasteiger partial charge is 0.150 e. The maximum atomic E-state index is 6.92. The first-order valence-corrected chi connectivity index (χ1v) is 4.52. The van der Waals surface area contributed by atoms with Gasteiger partial charge in [-0.05, 0) is 39.7 Å². The zero-order valence-electron chi connectivity index (χ0n) is 8.76. The van der Waals surface area contributed by atoms with E-state index in [2.05, 4.69) is 45.7 Å². The molecule has 1 N–H and O–H groups in total. The number of quaternary nitrogens is 1. The highest BCUT2D eigenvalue weighted by Crippen LogP contribution is 2.19. The van der Waals surface area contributed by atoms with E-state index in [1.807, 2.05) is 0 Å². The van der Waals surface area contributed by atoms with Crippen molar-refractivity contribution in [2.75, 3.05) is 6.54 Å². The van der Waals surface area contributed by atoms with Crippen molar-refractivity contribution in [1.29, 1.82) is 5.41 Å². The lowest BCUT2D eigenvalue weighted by Crippen LogP contribution is -2.53. The van der Waals surface area contributed by atoms with Crippen LogP contribution in [0.5, 0.6) is 0 Å². The van der Waals surface area contributed by atoms with Crippen LogP contribution in [-0.2, 0) is 0 Å². The summed E-state index contributed by atoms with van der Waals surface area (Å²) >= 11 is 0. The normalized spacial score (nSPS) is 11.9. The van der Waals surface area contributed by atoms with E-state index in [-0.39, 0.29) is 0 Å². The fourth-order valence-electron chi connectivity index (χ4n) is 1.72. The monoisotopic (exact) mass is 170 g/mol. The number of hydrogen-bond acceptors (Lipinski definition) is 2. The fourth-order valence-corrected chi connectivity index (χ4v) is 1.72. The Balaban J connectivity index is 4.88. The lowest BCUT2D eigenvalue weighted by molar-refractivity contribution is -0.971. The zero-order valence-corrected chi connectivity index (χ0v) is 8.76. The molecule has 70 valence electrons. The molecule has 0 atom stereocenters. The van der Waals surface area contributed by atoms with Crippen LogP contribution in [0.4, 0.5) is 0 Å². The first-order chi connectivity index (χ1) is 5.51. The van der Waals surface area contributed by atoms with Crippen LogP contribution in [0.25, 0.3) is 0 Å². The van der Waals surface area contributed by atoms with Crippen molar-refractivity contribution in [3.05, 3.63) is 0 Å². The van der Waals surface area contributed by atoms with Crippen LogP contribution in [0.1, 0.15) is 34.6 Å². The van der Waals surface area contributed by atoms with Gasteiger partial charge in [0.15, 0.2) is 0 Å². The Morgan fingerprint density at radius 1 is 1.25 bits per heavy atom. The Morgan fingerprint density at radius 3 is 1.75 bits per heavy atom. The van der Waals surface area contributed by atoms with Crippen LogP contribution >= 0.6 is 0 Å². The van der Waals surface area contributed by atoms with E-state index in [1.54, 1.807) is 0 Å². The van der Waals surface area contributed by atoms with Gasteiger partial charge in [0.05, 0.1) is 0 Å².